The van der Waals surface area contributed by atoms with Crippen LogP contribution in [0.2, 0.25) is 0 Å². The molecule has 1 aliphatic rings. The highest BCUT2D eigenvalue weighted by atomic mass is 16.2. The van der Waals surface area contributed by atoms with E-state index in [9.17, 15) is 4.79 Å². The van der Waals surface area contributed by atoms with Gasteiger partial charge in [-0.05, 0) is 36.2 Å². The number of amides is 1. The van der Waals surface area contributed by atoms with Crippen LogP contribution in [0.5, 0.6) is 0 Å². The van der Waals surface area contributed by atoms with Gasteiger partial charge in [0.2, 0.25) is 5.91 Å². The first-order valence-electron chi connectivity index (χ1n) is 8.35. The molecule has 0 atom stereocenters. The Morgan fingerprint density at radius 1 is 1.04 bits per heavy atom. The molecule has 3 heterocycles. The fourth-order valence-corrected chi connectivity index (χ4v) is 2.80. The Morgan fingerprint density at radius 2 is 1.83 bits per heavy atom. The van der Waals surface area contributed by atoms with Crippen molar-refractivity contribution in [2.45, 2.75) is 6.42 Å². The lowest BCUT2D eigenvalue weighted by Gasteiger charge is -2.34. The van der Waals surface area contributed by atoms with Crippen LogP contribution in [0.1, 0.15) is 5.56 Å². The number of aromatic nitrogens is 2. The number of hydrogen-bond donors (Lipinski definition) is 1. The summed E-state index contributed by atoms with van der Waals surface area (Å²) in [5.41, 5.74) is 1.31. The molecule has 6 nitrogen and oxygen atoms in total. The number of nitrogens with zero attached hydrogens (tertiary/aromatic N) is 4. The van der Waals surface area contributed by atoms with Gasteiger partial charge < -0.3 is 10.2 Å². The van der Waals surface area contributed by atoms with E-state index in [4.69, 9.17) is 0 Å². The van der Waals surface area contributed by atoms with Gasteiger partial charge in [0, 0.05) is 51.3 Å². The van der Waals surface area contributed by atoms with E-state index in [0.29, 0.717) is 6.54 Å². The second-order valence-electron chi connectivity index (χ2n) is 5.90. The summed E-state index contributed by atoms with van der Waals surface area (Å²) < 4.78 is 0. The molecule has 0 aromatic carbocycles. The highest BCUT2D eigenvalue weighted by molar-refractivity contribution is 5.80. The quantitative estimate of drug-likeness (QED) is 0.867. The average Bonchev–Trinajstić information content (AvgIpc) is 2.66. The van der Waals surface area contributed by atoms with E-state index in [1.54, 1.807) is 6.20 Å². The summed E-state index contributed by atoms with van der Waals surface area (Å²) in [7, 11) is 0. The van der Waals surface area contributed by atoms with Gasteiger partial charge in [0.25, 0.3) is 0 Å². The molecule has 1 saturated heterocycles. The number of anilines is 1. The van der Waals surface area contributed by atoms with Crippen LogP contribution in [0.4, 0.5) is 5.82 Å². The first-order valence-corrected chi connectivity index (χ1v) is 8.35. The Balaban J connectivity index is 1.37. The second kappa shape index (κ2) is 8.40. The van der Waals surface area contributed by atoms with Crippen molar-refractivity contribution >= 4 is 11.7 Å². The molecule has 0 unspecified atom stereocenters. The van der Waals surface area contributed by atoms with Crippen molar-refractivity contribution in [1.82, 2.24) is 19.8 Å². The molecule has 24 heavy (non-hydrogen) atoms. The Morgan fingerprint density at radius 3 is 2.54 bits per heavy atom. The van der Waals surface area contributed by atoms with E-state index in [-0.39, 0.29) is 5.91 Å². The highest BCUT2D eigenvalue weighted by Crippen LogP contribution is 2.06. The molecule has 1 fully saturated rings. The molecule has 1 amide bonds. The normalized spacial score (nSPS) is 15.2. The van der Waals surface area contributed by atoms with Gasteiger partial charge in [0.1, 0.15) is 5.82 Å². The lowest BCUT2D eigenvalue weighted by atomic mass is 10.2. The van der Waals surface area contributed by atoms with Crippen molar-refractivity contribution in [2.75, 3.05) is 44.6 Å². The molecular weight excluding hydrogens is 302 g/mol. The number of pyridine rings is 2. The predicted octanol–water partition coefficient (Wildman–Crippen LogP) is 1.28. The maximum absolute atomic E-state index is 12.3. The molecule has 3 rings (SSSR count). The first kappa shape index (κ1) is 16.4. The Labute approximate surface area is 142 Å². The minimum atomic E-state index is 0.134. The van der Waals surface area contributed by atoms with Gasteiger partial charge in [-0.2, -0.15) is 0 Å². The van der Waals surface area contributed by atoms with Crippen molar-refractivity contribution < 1.29 is 4.79 Å². The molecule has 2 aromatic rings. The minimum absolute atomic E-state index is 0.134. The number of carbonyl (C=O) groups excluding carboxylic acids is 1. The number of rotatable bonds is 6. The summed E-state index contributed by atoms with van der Waals surface area (Å²) in [6.45, 7) is 4.77. The molecule has 1 N–H and O–H groups in total. The summed E-state index contributed by atoms with van der Waals surface area (Å²) in [6.07, 6.45) is 6.41. The van der Waals surface area contributed by atoms with Crippen LogP contribution in [0.25, 0.3) is 0 Å². The fourth-order valence-electron chi connectivity index (χ4n) is 2.80. The molecular formula is C18H23N5O. The van der Waals surface area contributed by atoms with Crippen LogP contribution in [0.15, 0.2) is 48.9 Å². The third-order valence-electron chi connectivity index (χ3n) is 4.28. The van der Waals surface area contributed by atoms with E-state index in [0.717, 1.165) is 45.0 Å². The van der Waals surface area contributed by atoms with Crippen LogP contribution in [0.3, 0.4) is 0 Å². The Hall–Kier alpha value is -2.47. The zero-order valence-corrected chi connectivity index (χ0v) is 13.8. The van der Waals surface area contributed by atoms with Crippen LogP contribution in [-0.4, -0.2) is 64.9 Å². The van der Waals surface area contributed by atoms with Gasteiger partial charge in [-0.15, -0.1) is 0 Å². The summed E-state index contributed by atoms with van der Waals surface area (Å²) >= 11 is 0. The maximum Gasteiger partial charge on any atom is 0.242 e. The van der Waals surface area contributed by atoms with Crippen molar-refractivity contribution in [2.24, 2.45) is 0 Å². The van der Waals surface area contributed by atoms with Crippen LogP contribution in [-0.2, 0) is 11.2 Å². The van der Waals surface area contributed by atoms with Gasteiger partial charge in [-0.3, -0.25) is 14.7 Å². The minimum Gasteiger partial charge on any atom is -0.361 e. The third kappa shape index (κ3) is 4.76. The van der Waals surface area contributed by atoms with E-state index in [1.807, 2.05) is 35.5 Å². The summed E-state index contributed by atoms with van der Waals surface area (Å²) in [5.74, 6) is 0.872. The number of hydrogen-bond acceptors (Lipinski definition) is 5. The van der Waals surface area contributed by atoms with Gasteiger partial charge >= 0.3 is 0 Å². The SMILES string of the molecule is O=C(CNc1ccccn1)N1CCN(CCc2ccncc2)CC1. The summed E-state index contributed by atoms with van der Waals surface area (Å²) in [4.78, 5) is 24.8. The first-order chi connectivity index (χ1) is 11.8. The summed E-state index contributed by atoms with van der Waals surface area (Å²) in [6, 6.07) is 9.75. The fraction of sp³-hybridized carbons (Fsp3) is 0.389. The Bertz CT molecular complexity index is 626. The molecule has 0 aliphatic carbocycles. The van der Waals surface area contributed by atoms with Crippen molar-refractivity contribution in [3.8, 4) is 0 Å². The van der Waals surface area contributed by atoms with E-state index in [2.05, 4.69) is 32.3 Å². The molecule has 0 bridgehead atoms. The maximum atomic E-state index is 12.3. The summed E-state index contributed by atoms with van der Waals surface area (Å²) in [5, 5.41) is 3.08. The number of nitrogens with one attached hydrogen (secondary N) is 1. The van der Waals surface area contributed by atoms with Crippen molar-refractivity contribution in [3.63, 3.8) is 0 Å². The van der Waals surface area contributed by atoms with Crippen LogP contribution < -0.4 is 5.32 Å². The largest absolute Gasteiger partial charge is 0.361 e. The van der Waals surface area contributed by atoms with E-state index in [1.165, 1.54) is 5.56 Å². The molecule has 0 spiro atoms. The molecule has 0 radical (unpaired) electrons. The molecule has 6 heteroatoms. The van der Waals surface area contributed by atoms with Crippen LogP contribution >= 0.6 is 0 Å². The smallest absolute Gasteiger partial charge is 0.242 e. The van der Waals surface area contributed by atoms with Gasteiger partial charge in [-0.25, -0.2) is 4.98 Å². The lowest BCUT2D eigenvalue weighted by molar-refractivity contribution is -0.131. The molecule has 2 aromatic heterocycles. The third-order valence-corrected chi connectivity index (χ3v) is 4.28. The Kier molecular flexibility index (Phi) is 5.74. The van der Waals surface area contributed by atoms with E-state index >= 15 is 0 Å². The molecule has 126 valence electrons. The van der Waals surface area contributed by atoms with Crippen molar-refractivity contribution in [3.05, 3.63) is 54.5 Å². The number of piperazine rings is 1. The zero-order valence-electron chi connectivity index (χ0n) is 13.8. The molecule has 0 saturated carbocycles. The van der Waals surface area contributed by atoms with Gasteiger partial charge in [0.15, 0.2) is 0 Å². The van der Waals surface area contributed by atoms with Gasteiger partial charge in [0.05, 0.1) is 6.54 Å². The molecule has 1 aliphatic heterocycles. The second-order valence-corrected chi connectivity index (χ2v) is 5.90. The monoisotopic (exact) mass is 325 g/mol. The zero-order chi connectivity index (χ0) is 16.6. The standard InChI is InChI=1S/C18H23N5O/c24-18(15-21-17-3-1-2-7-20-17)23-13-11-22(12-14-23)10-6-16-4-8-19-9-5-16/h1-5,7-9H,6,10-15H2,(H,20,21). The lowest BCUT2D eigenvalue weighted by Crippen LogP contribution is -2.50. The highest BCUT2D eigenvalue weighted by Gasteiger charge is 2.20. The van der Waals surface area contributed by atoms with Crippen molar-refractivity contribution in [1.29, 1.82) is 0 Å². The predicted molar refractivity (Wildman–Crippen MR) is 93.7 cm³/mol. The average molecular weight is 325 g/mol. The van der Waals surface area contributed by atoms with E-state index < -0.39 is 0 Å². The van der Waals surface area contributed by atoms with Gasteiger partial charge in [-0.1, -0.05) is 6.07 Å². The topological polar surface area (TPSA) is 61.4 Å². The number of carbonyl (C=O) groups is 1. The van der Waals surface area contributed by atoms with Crippen LogP contribution in [0, 0.1) is 0 Å².